The molecule has 1 amide bonds. The van der Waals surface area contributed by atoms with Gasteiger partial charge in [-0.25, -0.2) is 0 Å². The van der Waals surface area contributed by atoms with Gasteiger partial charge >= 0.3 is 0 Å². The Bertz CT molecular complexity index is 477. The SMILES string of the molecule is CCCCCCCNC(=O)c1cc([N+](=O)[O-])ccc1Cl. The van der Waals surface area contributed by atoms with E-state index in [1.807, 2.05) is 0 Å². The molecule has 0 aromatic heterocycles. The van der Waals surface area contributed by atoms with Crippen LogP contribution in [-0.4, -0.2) is 17.4 Å². The minimum Gasteiger partial charge on any atom is -0.352 e. The van der Waals surface area contributed by atoms with Gasteiger partial charge in [-0.15, -0.1) is 0 Å². The number of benzene rings is 1. The monoisotopic (exact) mass is 298 g/mol. The second kappa shape index (κ2) is 8.53. The smallest absolute Gasteiger partial charge is 0.270 e. The van der Waals surface area contributed by atoms with Gasteiger partial charge in [0.2, 0.25) is 0 Å². The van der Waals surface area contributed by atoms with Crippen LogP contribution < -0.4 is 5.32 Å². The fraction of sp³-hybridized carbons (Fsp3) is 0.500. The predicted octanol–water partition coefficient (Wildman–Crippen LogP) is 3.95. The Morgan fingerprint density at radius 3 is 2.65 bits per heavy atom. The molecule has 1 aromatic rings. The highest BCUT2D eigenvalue weighted by Gasteiger charge is 2.15. The molecule has 0 aliphatic rings. The van der Waals surface area contributed by atoms with Gasteiger partial charge < -0.3 is 5.32 Å². The summed E-state index contributed by atoms with van der Waals surface area (Å²) in [7, 11) is 0. The van der Waals surface area contributed by atoms with Crippen LogP contribution in [0.4, 0.5) is 5.69 Å². The molecule has 0 saturated heterocycles. The Kier molecular flexibility index (Phi) is 7.01. The molecular weight excluding hydrogens is 280 g/mol. The van der Waals surface area contributed by atoms with Crippen molar-refractivity contribution in [2.75, 3.05) is 6.54 Å². The van der Waals surface area contributed by atoms with Crippen LogP contribution in [0, 0.1) is 10.1 Å². The van der Waals surface area contributed by atoms with Crippen molar-refractivity contribution in [2.45, 2.75) is 39.0 Å². The third kappa shape index (κ3) is 5.17. The first-order valence-electron chi connectivity index (χ1n) is 6.78. The second-order valence-electron chi connectivity index (χ2n) is 4.59. The van der Waals surface area contributed by atoms with E-state index in [9.17, 15) is 14.9 Å². The zero-order valence-electron chi connectivity index (χ0n) is 11.5. The van der Waals surface area contributed by atoms with E-state index < -0.39 is 4.92 Å². The van der Waals surface area contributed by atoms with Crippen molar-refractivity contribution in [2.24, 2.45) is 0 Å². The molecule has 0 spiro atoms. The van der Waals surface area contributed by atoms with Gasteiger partial charge in [0.05, 0.1) is 15.5 Å². The summed E-state index contributed by atoms with van der Waals surface area (Å²) in [6, 6.07) is 3.86. The summed E-state index contributed by atoms with van der Waals surface area (Å²) in [4.78, 5) is 22.0. The number of non-ortho nitro benzene ring substituents is 1. The van der Waals surface area contributed by atoms with Crippen LogP contribution in [0.2, 0.25) is 5.02 Å². The molecule has 0 saturated carbocycles. The molecule has 0 heterocycles. The van der Waals surface area contributed by atoms with Gasteiger partial charge in [-0.2, -0.15) is 0 Å². The van der Waals surface area contributed by atoms with E-state index in [-0.39, 0.29) is 22.2 Å². The summed E-state index contributed by atoms with van der Waals surface area (Å²) >= 11 is 5.89. The quantitative estimate of drug-likeness (QED) is 0.449. The standard InChI is InChI=1S/C14H19ClN2O3/c1-2-3-4-5-6-9-16-14(18)12-10-11(17(19)20)7-8-13(12)15/h7-8,10H,2-6,9H2,1H3,(H,16,18). The number of hydrogen-bond donors (Lipinski definition) is 1. The number of nitrogens with zero attached hydrogens (tertiary/aromatic N) is 1. The van der Waals surface area contributed by atoms with Crippen molar-refractivity contribution in [1.29, 1.82) is 0 Å². The molecule has 5 nitrogen and oxygen atoms in total. The Labute approximate surface area is 123 Å². The van der Waals surface area contributed by atoms with Crippen LogP contribution in [0.25, 0.3) is 0 Å². The highest BCUT2D eigenvalue weighted by atomic mass is 35.5. The van der Waals surface area contributed by atoms with Crippen LogP contribution in [-0.2, 0) is 0 Å². The molecule has 0 unspecified atom stereocenters. The number of nitrogens with one attached hydrogen (secondary N) is 1. The lowest BCUT2D eigenvalue weighted by molar-refractivity contribution is -0.384. The van der Waals surface area contributed by atoms with E-state index in [4.69, 9.17) is 11.6 Å². The van der Waals surface area contributed by atoms with E-state index in [1.165, 1.54) is 31.0 Å². The second-order valence-corrected chi connectivity index (χ2v) is 5.00. The van der Waals surface area contributed by atoms with Crippen LogP contribution in [0.15, 0.2) is 18.2 Å². The number of carbonyl (C=O) groups excluding carboxylic acids is 1. The number of amides is 1. The van der Waals surface area contributed by atoms with Crippen molar-refractivity contribution < 1.29 is 9.72 Å². The normalized spacial score (nSPS) is 10.3. The summed E-state index contributed by atoms with van der Waals surface area (Å²) in [6.07, 6.45) is 5.50. The first kappa shape index (κ1) is 16.4. The molecule has 0 bridgehead atoms. The van der Waals surface area contributed by atoms with E-state index >= 15 is 0 Å². The van der Waals surface area contributed by atoms with Crippen LogP contribution in [0.5, 0.6) is 0 Å². The molecule has 0 atom stereocenters. The zero-order valence-corrected chi connectivity index (χ0v) is 12.3. The van der Waals surface area contributed by atoms with Gasteiger partial charge in [0.1, 0.15) is 0 Å². The fourth-order valence-corrected chi connectivity index (χ4v) is 2.03. The van der Waals surface area contributed by atoms with Crippen molar-refractivity contribution in [3.05, 3.63) is 38.9 Å². The zero-order chi connectivity index (χ0) is 15.0. The molecular formula is C14H19ClN2O3. The van der Waals surface area contributed by atoms with Gasteiger partial charge in [-0.3, -0.25) is 14.9 Å². The maximum atomic E-state index is 11.9. The lowest BCUT2D eigenvalue weighted by Crippen LogP contribution is -2.24. The molecule has 110 valence electrons. The topological polar surface area (TPSA) is 72.2 Å². The minimum atomic E-state index is -0.544. The van der Waals surface area contributed by atoms with E-state index in [0.717, 1.165) is 19.3 Å². The summed E-state index contributed by atoms with van der Waals surface area (Å²) in [6.45, 7) is 2.70. The lowest BCUT2D eigenvalue weighted by atomic mass is 10.1. The molecule has 0 radical (unpaired) electrons. The Balaban J connectivity index is 2.50. The molecule has 0 aliphatic carbocycles. The number of carbonyl (C=O) groups is 1. The van der Waals surface area contributed by atoms with Crippen molar-refractivity contribution in [1.82, 2.24) is 5.32 Å². The highest BCUT2D eigenvalue weighted by Crippen LogP contribution is 2.21. The Hall–Kier alpha value is -1.62. The van der Waals surface area contributed by atoms with Crippen LogP contribution >= 0.6 is 11.6 Å². The number of hydrogen-bond acceptors (Lipinski definition) is 3. The average Bonchev–Trinajstić information content (AvgIpc) is 2.42. The van der Waals surface area contributed by atoms with Gasteiger partial charge in [-0.1, -0.05) is 44.2 Å². The number of unbranched alkanes of at least 4 members (excludes halogenated alkanes) is 4. The van der Waals surface area contributed by atoms with Crippen molar-refractivity contribution in [3.63, 3.8) is 0 Å². The predicted molar refractivity (Wildman–Crippen MR) is 79.2 cm³/mol. The van der Waals surface area contributed by atoms with Gasteiger partial charge in [0.25, 0.3) is 11.6 Å². The molecule has 0 fully saturated rings. The molecule has 1 N–H and O–H groups in total. The lowest BCUT2D eigenvalue weighted by Gasteiger charge is -2.06. The first-order chi connectivity index (χ1) is 9.56. The van der Waals surface area contributed by atoms with Crippen molar-refractivity contribution >= 4 is 23.2 Å². The Morgan fingerprint density at radius 1 is 1.30 bits per heavy atom. The number of nitro benzene ring substituents is 1. The van der Waals surface area contributed by atoms with E-state index in [0.29, 0.717) is 6.54 Å². The summed E-state index contributed by atoms with van der Waals surface area (Å²) < 4.78 is 0. The number of rotatable bonds is 8. The molecule has 1 aromatic carbocycles. The maximum Gasteiger partial charge on any atom is 0.270 e. The van der Waals surface area contributed by atoms with Gasteiger partial charge in [0.15, 0.2) is 0 Å². The highest BCUT2D eigenvalue weighted by molar-refractivity contribution is 6.33. The summed E-state index contributed by atoms with van der Waals surface area (Å²) in [5.41, 5.74) is 0.0110. The van der Waals surface area contributed by atoms with Gasteiger partial charge in [0, 0.05) is 18.7 Å². The third-order valence-electron chi connectivity index (χ3n) is 2.97. The largest absolute Gasteiger partial charge is 0.352 e. The maximum absolute atomic E-state index is 11.9. The Morgan fingerprint density at radius 2 is 2.00 bits per heavy atom. The molecule has 0 aliphatic heterocycles. The molecule has 6 heteroatoms. The van der Waals surface area contributed by atoms with E-state index in [1.54, 1.807) is 0 Å². The summed E-state index contributed by atoms with van der Waals surface area (Å²) in [5.74, 6) is -0.366. The minimum absolute atomic E-state index is 0.137. The molecule has 1 rings (SSSR count). The number of halogens is 1. The third-order valence-corrected chi connectivity index (χ3v) is 3.30. The van der Waals surface area contributed by atoms with Crippen LogP contribution in [0.3, 0.4) is 0 Å². The number of nitro groups is 1. The summed E-state index contributed by atoms with van der Waals surface area (Å²) in [5, 5.41) is 13.6. The van der Waals surface area contributed by atoms with E-state index in [2.05, 4.69) is 12.2 Å². The molecule has 20 heavy (non-hydrogen) atoms. The fourth-order valence-electron chi connectivity index (χ4n) is 1.83. The average molecular weight is 299 g/mol. The first-order valence-corrected chi connectivity index (χ1v) is 7.16. The van der Waals surface area contributed by atoms with Crippen molar-refractivity contribution in [3.8, 4) is 0 Å². The van der Waals surface area contributed by atoms with Gasteiger partial charge in [-0.05, 0) is 12.5 Å². The van der Waals surface area contributed by atoms with Crippen LogP contribution in [0.1, 0.15) is 49.4 Å².